The van der Waals surface area contributed by atoms with Crippen molar-refractivity contribution < 1.29 is 13.9 Å². The minimum absolute atomic E-state index is 0.0705. The van der Waals surface area contributed by atoms with Crippen LogP contribution in [-0.4, -0.2) is 46.4 Å². The van der Waals surface area contributed by atoms with Crippen molar-refractivity contribution in [1.29, 1.82) is 0 Å². The monoisotopic (exact) mass is 330 g/mol. The van der Waals surface area contributed by atoms with Gasteiger partial charge in [0.05, 0.1) is 49.6 Å². The van der Waals surface area contributed by atoms with Crippen molar-refractivity contribution in [3.8, 4) is 0 Å². The van der Waals surface area contributed by atoms with Gasteiger partial charge in [0, 0.05) is 19.2 Å². The van der Waals surface area contributed by atoms with E-state index in [2.05, 4.69) is 15.0 Å². The molecule has 4 rings (SSSR count). The van der Waals surface area contributed by atoms with E-state index >= 15 is 0 Å². The Labute approximate surface area is 139 Å². The molecule has 0 amide bonds. The third-order valence-electron chi connectivity index (χ3n) is 4.57. The summed E-state index contributed by atoms with van der Waals surface area (Å²) < 4.78 is 25.0. The Bertz CT molecular complexity index is 685. The lowest BCUT2D eigenvalue weighted by Crippen LogP contribution is -2.33. The van der Waals surface area contributed by atoms with Gasteiger partial charge in [-0.1, -0.05) is 6.07 Å². The third-order valence-corrected chi connectivity index (χ3v) is 4.57. The molecule has 6 nitrogen and oxygen atoms in total. The Kier molecular flexibility index (Phi) is 4.12. The van der Waals surface area contributed by atoms with Crippen LogP contribution in [0.3, 0.4) is 0 Å². The van der Waals surface area contributed by atoms with Gasteiger partial charge in [-0.3, -0.25) is 4.98 Å². The Morgan fingerprint density at radius 1 is 1.29 bits per heavy atom. The van der Waals surface area contributed by atoms with Gasteiger partial charge in [0.1, 0.15) is 0 Å². The van der Waals surface area contributed by atoms with E-state index in [1.165, 1.54) is 12.4 Å². The summed E-state index contributed by atoms with van der Waals surface area (Å²) in [5.41, 5.74) is 0.707. The van der Waals surface area contributed by atoms with Gasteiger partial charge < -0.3 is 14.4 Å². The van der Waals surface area contributed by atoms with Crippen LogP contribution in [0.4, 0.5) is 10.3 Å². The zero-order chi connectivity index (χ0) is 16.4. The number of aromatic nitrogens is 3. The van der Waals surface area contributed by atoms with Crippen LogP contribution in [0.2, 0.25) is 0 Å². The molecule has 0 saturated carbocycles. The Hall–Kier alpha value is -2.12. The van der Waals surface area contributed by atoms with Crippen LogP contribution in [-0.2, 0) is 16.1 Å². The van der Waals surface area contributed by atoms with Gasteiger partial charge in [-0.15, -0.1) is 0 Å². The Morgan fingerprint density at radius 3 is 2.96 bits per heavy atom. The second-order valence-corrected chi connectivity index (χ2v) is 6.33. The van der Waals surface area contributed by atoms with Crippen molar-refractivity contribution in [2.75, 3.05) is 24.6 Å². The topological polar surface area (TPSA) is 60.4 Å². The molecule has 2 aliphatic rings. The zero-order valence-electron chi connectivity index (χ0n) is 13.3. The number of rotatable bonds is 4. The summed E-state index contributed by atoms with van der Waals surface area (Å²) in [5, 5.41) is 0. The summed E-state index contributed by atoms with van der Waals surface area (Å²) in [6, 6.07) is 5.80. The predicted molar refractivity (Wildman–Crippen MR) is 84.9 cm³/mol. The first-order valence-corrected chi connectivity index (χ1v) is 8.10. The first kappa shape index (κ1) is 15.4. The number of halogens is 1. The highest BCUT2D eigenvalue weighted by Crippen LogP contribution is 2.37. The molecule has 7 heteroatoms. The van der Waals surface area contributed by atoms with Gasteiger partial charge in [-0.2, -0.15) is 0 Å². The zero-order valence-corrected chi connectivity index (χ0v) is 13.3. The summed E-state index contributed by atoms with van der Waals surface area (Å²) in [4.78, 5) is 14.4. The van der Waals surface area contributed by atoms with Gasteiger partial charge in [0.15, 0.2) is 5.82 Å². The first-order valence-electron chi connectivity index (χ1n) is 8.10. The predicted octanol–water partition coefficient (Wildman–Crippen LogP) is 1.97. The quantitative estimate of drug-likeness (QED) is 0.854. The molecule has 0 aromatic carbocycles. The summed E-state index contributed by atoms with van der Waals surface area (Å²) in [7, 11) is 0. The second-order valence-electron chi connectivity index (χ2n) is 6.33. The SMILES string of the molecule is Fc1cnc(N2CC[C@]3(C[C@H](OCc4ccccn4)CO3)C2)nc1. The molecule has 0 radical (unpaired) electrons. The van der Waals surface area contributed by atoms with Crippen LogP contribution in [0.5, 0.6) is 0 Å². The van der Waals surface area contributed by atoms with Crippen LogP contribution in [0, 0.1) is 5.82 Å². The summed E-state index contributed by atoms with van der Waals surface area (Å²) in [6.07, 6.45) is 5.97. The van der Waals surface area contributed by atoms with E-state index in [4.69, 9.17) is 9.47 Å². The lowest BCUT2D eigenvalue weighted by atomic mass is 9.98. The normalized spacial score (nSPS) is 26.4. The smallest absolute Gasteiger partial charge is 0.225 e. The fraction of sp³-hybridized carbons (Fsp3) is 0.471. The van der Waals surface area contributed by atoms with Crippen molar-refractivity contribution >= 4 is 5.95 Å². The third kappa shape index (κ3) is 3.22. The number of hydrogen-bond acceptors (Lipinski definition) is 6. The number of hydrogen-bond donors (Lipinski definition) is 0. The van der Waals surface area contributed by atoms with Crippen LogP contribution in [0.15, 0.2) is 36.8 Å². The maximum absolute atomic E-state index is 13.0. The molecule has 4 heterocycles. The minimum atomic E-state index is -0.423. The van der Waals surface area contributed by atoms with E-state index in [1.807, 2.05) is 23.1 Å². The fourth-order valence-electron chi connectivity index (χ4n) is 3.36. The lowest BCUT2D eigenvalue weighted by Gasteiger charge is -2.23. The Balaban J connectivity index is 1.33. The first-order chi connectivity index (χ1) is 11.7. The summed E-state index contributed by atoms with van der Waals surface area (Å²) in [5.74, 6) is 0.127. The van der Waals surface area contributed by atoms with E-state index < -0.39 is 5.82 Å². The van der Waals surface area contributed by atoms with Crippen LogP contribution < -0.4 is 4.90 Å². The highest BCUT2D eigenvalue weighted by molar-refractivity contribution is 5.33. The summed E-state index contributed by atoms with van der Waals surface area (Å²) in [6.45, 7) is 2.60. The lowest BCUT2D eigenvalue weighted by molar-refractivity contribution is 0.00528. The average molecular weight is 330 g/mol. The molecule has 24 heavy (non-hydrogen) atoms. The standard InChI is InChI=1S/C17H19FN4O2/c18-13-8-20-16(21-9-13)22-6-4-17(12-22)7-15(11-24-17)23-10-14-3-1-2-5-19-14/h1-3,5,8-9,15H,4,6-7,10-12H2/t15-,17-/m0/s1. The number of pyridine rings is 1. The Morgan fingerprint density at radius 2 is 2.17 bits per heavy atom. The molecule has 126 valence electrons. The van der Waals surface area contributed by atoms with Crippen molar-refractivity contribution in [2.24, 2.45) is 0 Å². The van der Waals surface area contributed by atoms with Crippen molar-refractivity contribution in [3.63, 3.8) is 0 Å². The maximum atomic E-state index is 13.0. The van der Waals surface area contributed by atoms with E-state index in [-0.39, 0.29) is 11.7 Å². The molecule has 0 bridgehead atoms. The van der Waals surface area contributed by atoms with Crippen molar-refractivity contribution in [2.45, 2.75) is 31.2 Å². The van der Waals surface area contributed by atoms with Gasteiger partial charge in [-0.25, -0.2) is 14.4 Å². The number of anilines is 1. The van der Waals surface area contributed by atoms with E-state index in [0.717, 1.165) is 25.1 Å². The highest BCUT2D eigenvalue weighted by Gasteiger charge is 2.46. The fourth-order valence-corrected chi connectivity index (χ4v) is 3.36. The second kappa shape index (κ2) is 6.41. The van der Waals surface area contributed by atoms with Gasteiger partial charge in [-0.05, 0) is 18.6 Å². The molecular weight excluding hydrogens is 311 g/mol. The molecule has 0 aliphatic carbocycles. The van der Waals surface area contributed by atoms with Crippen LogP contribution >= 0.6 is 0 Å². The van der Waals surface area contributed by atoms with E-state index in [0.29, 0.717) is 25.7 Å². The number of ether oxygens (including phenoxy) is 2. The molecule has 2 atom stereocenters. The minimum Gasteiger partial charge on any atom is -0.370 e. The molecule has 0 N–H and O–H groups in total. The van der Waals surface area contributed by atoms with Crippen molar-refractivity contribution in [1.82, 2.24) is 15.0 Å². The molecule has 2 aliphatic heterocycles. The van der Waals surface area contributed by atoms with Crippen molar-refractivity contribution in [3.05, 3.63) is 48.3 Å². The van der Waals surface area contributed by atoms with Crippen LogP contribution in [0.1, 0.15) is 18.5 Å². The largest absolute Gasteiger partial charge is 0.370 e. The van der Waals surface area contributed by atoms with Gasteiger partial charge in [0.2, 0.25) is 5.95 Å². The molecule has 2 aromatic rings. The van der Waals surface area contributed by atoms with E-state index in [1.54, 1.807) is 6.20 Å². The maximum Gasteiger partial charge on any atom is 0.225 e. The van der Waals surface area contributed by atoms with Gasteiger partial charge in [0.25, 0.3) is 0 Å². The molecule has 1 spiro atoms. The molecule has 2 fully saturated rings. The average Bonchev–Trinajstić information content (AvgIpc) is 3.22. The molecule has 0 unspecified atom stereocenters. The molecule has 2 saturated heterocycles. The summed E-state index contributed by atoms with van der Waals surface area (Å²) >= 11 is 0. The van der Waals surface area contributed by atoms with Gasteiger partial charge >= 0.3 is 0 Å². The van der Waals surface area contributed by atoms with Crippen LogP contribution in [0.25, 0.3) is 0 Å². The molecule has 2 aromatic heterocycles. The number of nitrogens with zero attached hydrogens (tertiary/aromatic N) is 4. The highest BCUT2D eigenvalue weighted by atomic mass is 19.1. The van der Waals surface area contributed by atoms with E-state index in [9.17, 15) is 4.39 Å². The molecular formula is C17H19FN4O2.